The number of rotatable bonds is 1. The maximum absolute atomic E-state index is 9.21. The molecule has 76 valence electrons. The van der Waals surface area contributed by atoms with E-state index in [9.17, 15) is 5.26 Å². The molecule has 0 spiro atoms. The smallest absolute Gasteiger partial charge is 0.140 e. The van der Waals surface area contributed by atoms with Gasteiger partial charge in [-0.1, -0.05) is 18.2 Å². The molecule has 2 heterocycles. The molecule has 0 atom stereocenters. The number of aromatic amines is 1. The molecule has 4 heteroatoms. The number of benzene rings is 1. The zero-order chi connectivity index (χ0) is 11.0. The molecule has 16 heavy (non-hydrogen) atoms. The van der Waals surface area contributed by atoms with E-state index in [2.05, 4.69) is 16.0 Å². The third-order valence-corrected chi connectivity index (χ3v) is 3.25. The summed E-state index contributed by atoms with van der Waals surface area (Å²) in [6.07, 6.45) is 1.74. The highest BCUT2D eigenvalue weighted by atomic mass is 32.1. The lowest BCUT2D eigenvalue weighted by atomic mass is 10.1. The van der Waals surface area contributed by atoms with Crippen molar-refractivity contribution in [3.05, 3.63) is 41.4 Å². The Hall–Kier alpha value is -2.12. The van der Waals surface area contributed by atoms with Gasteiger partial charge in [-0.05, 0) is 6.07 Å². The summed E-state index contributed by atoms with van der Waals surface area (Å²) < 4.78 is 0. The molecule has 0 aliphatic heterocycles. The van der Waals surface area contributed by atoms with Crippen LogP contribution in [0.1, 0.15) is 5.56 Å². The number of hydrogen-bond donors (Lipinski definition) is 1. The van der Waals surface area contributed by atoms with E-state index >= 15 is 0 Å². The van der Waals surface area contributed by atoms with E-state index in [4.69, 9.17) is 0 Å². The Kier molecular flexibility index (Phi) is 1.98. The summed E-state index contributed by atoms with van der Waals surface area (Å²) in [6.45, 7) is 0. The molecule has 0 saturated carbocycles. The van der Waals surface area contributed by atoms with Gasteiger partial charge in [-0.3, -0.25) is 0 Å². The summed E-state index contributed by atoms with van der Waals surface area (Å²) >= 11 is 1.53. The van der Waals surface area contributed by atoms with E-state index in [1.165, 1.54) is 11.3 Å². The molecule has 0 bridgehead atoms. The van der Waals surface area contributed by atoms with Crippen molar-refractivity contribution in [2.75, 3.05) is 0 Å². The average Bonchev–Trinajstić information content (AvgIpc) is 2.95. The van der Waals surface area contributed by atoms with Crippen LogP contribution < -0.4 is 0 Å². The quantitative estimate of drug-likeness (QED) is 0.691. The molecule has 0 unspecified atom stereocenters. The van der Waals surface area contributed by atoms with E-state index in [1.807, 2.05) is 29.6 Å². The van der Waals surface area contributed by atoms with Gasteiger partial charge < -0.3 is 4.98 Å². The SMILES string of the molecule is N#Cc1c(-c2nccs2)[nH]c2ccccc12. The minimum atomic E-state index is 0.672. The maximum atomic E-state index is 9.21. The minimum Gasteiger partial charge on any atom is -0.351 e. The minimum absolute atomic E-state index is 0.672. The second-order valence-corrected chi connectivity index (χ2v) is 4.26. The van der Waals surface area contributed by atoms with Gasteiger partial charge in [-0.25, -0.2) is 4.98 Å². The van der Waals surface area contributed by atoms with Crippen LogP contribution in [0, 0.1) is 11.3 Å². The summed E-state index contributed by atoms with van der Waals surface area (Å²) in [6, 6.07) is 10.0. The van der Waals surface area contributed by atoms with Crippen molar-refractivity contribution in [1.29, 1.82) is 5.26 Å². The van der Waals surface area contributed by atoms with Crippen LogP contribution in [-0.2, 0) is 0 Å². The van der Waals surface area contributed by atoms with Gasteiger partial charge in [0, 0.05) is 22.5 Å². The predicted molar refractivity (Wildman–Crippen MR) is 64.1 cm³/mol. The molecule has 3 nitrogen and oxygen atoms in total. The lowest BCUT2D eigenvalue weighted by Crippen LogP contribution is -1.78. The molecule has 0 aliphatic carbocycles. The lowest BCUT2D eigenvalue weighted by molar-refractivity contribution is 1.35. The van der Waals surface area contributed by atoms with Gasteiger partial charge in [0.2, 0.25) is 0 Å². The van der Waals surface area contributed by atoms with Crippen molar-refractivity contribution in [1.82, 2.24) is 9.97 Å². The first-order valence-corrected chi connectivity index (χ1v) is 5.69. The van der Waals surface area contributed by atoms with Crippen LogP contribution in [0.2, 0.25) is 0 Å². The fraction of sp³-hybridized carbons (Fsp3) is 0. The third kappa shape index (κ3) is 1.23. The Bertz CT molecular complexity index is 674. The first kappa shape index (κ1) is 9.13. The molecular formula is C12H7N3S. The summed E-state index contributed by atoms with van der Waals surface area (Å²) in [5, 5.41) is 12.9. The summed E-state index contributed by atoms with van der Waals surface area (Å²) in [5.74, 6) is 0. The zero-order valence-electron chi connectivity index (χ0n) is 8.27. The lowest BCUT2D eigenvalue weighted by Gasteiger charge is -1.90. The Balaban J connectivity index is 2.38. The monoisotopic (exact) mass is 225 g/mol. The van der Waals surface area contributed by atoms with Gasteiger partial charge in [-0.2, -0.15) is 5.26 Å². The second kappa shape index (κ2) is 3.47. The van der Waals surface area contributed by atoms with Crippen LogP contribution in [0.5, 0.6) is 0 Å². The summed E-state index contributed by atoms with van der Waals surface area (Å²) in [7, 11) is 0. The van der Waals surface area contributed by atoms with E-state index < -0.39 is 0 Å². The highest BCUT2D eigenvalue weighted by Crippen LogP contribution is 2.30. The number of nitrogens with one attached hydrogen (secondary N) is 1. The molecule has 3 aromatic rings. The van der Waals surface area contributed by atoms with Gasteiger partial charge in [0.25, 0.3) is 0 Å². The first-order valence-electron chi connectivity index (χ1n) is 4.81. The van der Waals surface area contributed by atoms with Crippen molar-refractivity contribution in [3.63, 3.8) is 0 Å². The number of hydrogen-bond acceptors (Lipinski definition) is 3. The number of H-pyrrole nitrogens is 1. The van der Waals surface area contributed by atoms with Crippen LogP contribution in [0.15, 0.2) is 35.8 Å². The van der Waals surface area contributed by atoms with E-state index in [-0.39, 0.29) is 0 Å². The van der Waals surface area contributed by atoms with Crippen molar-refractivity contribution in [2.45, 2.75) is 0 Å². The number of para-hydroxylation sites is 1. The second-order valence-electron chi connectivity index (χ2n) is 3.37. The molecular weight excluding hydrogens is 218 g/mol. The molecule has 0 saturated heterocycles. The molecule has 1 aromatic carbocycles. The molecule has 0 radical (unpaired) electrons. The Morgan fingerprint density at radius 3 is 2.94 bits per heavy atom. The van der Waals surface area contributed by atoms with Gasteiger partial charge in [0.05, 0.1) is 11.3 Å². The van der Waals surface area contributed by atoms with Crippen molar-refractivity contribution in [3.8, 4) is 16.8 Å². The Morgan fingerprint density at radius 2 is 2.19 bits per heavy atom. The van der Waals surface area contributed by atoms with Crippen LogP contribution in [-0.4, -0.2) is 9.97 Å². The van der Waals surface area contributed by atoms with Crippen LogP contribution in [0.4, 0.5) is 0 Å². The van der Waals surface area contributed by atoms with Crippen molar-refractivity contribution < 1.29 is 0 Å². The van der Waals surface area contributed by atoms with Gasteiger partial charge in [0.1, 0.15) is 11.1 Å². The fourth-order valence-corrected chi connectivity index (χ4v) is 2.41. The number of aromatic nitrogens is 2. The van der Waals surface area contributed by atoms with E-state index in [0.29, 0.717) is 5.56 Å². The maximum Gasteiger partial charge on any atom is 0.140 e. The van der Waals surface area contributed by atoms with Crippen LogP contribution >= 0.6 is 11.3 Å². The van der Waals surface area contributed by atoms with Gasteiger partial charge in [0.15, 0.2) is 0 Å². The van der Waals surface area contributed by atoms with Gasteiger partial charge >= 0.3 is 0 Å². The summed E-state index contributed by atoms with van der Waals surface area (Å²) in [4.78, 5) is 7.47. The highest BCUT2D eigenvalue weighted by Gasteiger charge is 2.13. The first-order chi connectivity index (χ1) is 7.90. The molecule has 3 rings (SSSR count). The van der Waals surface area contributed by atoms with Crippen LogP contribution in [0.3, 0.4) is 0 Å². The molecule has 0 fully saturated rings. The largest absolute Gasteiger partial charge is 0.351 e. The topological polar surface area (TPSA) is 52.5 Å². The van der Waals surface area contributed by atoms with E-state index in [0.717, 1.165) is 21.6 Å². The molecule has 0 aliphatic rings. The number of fused-ring (bicyclic) bond motifs is 1. The van der Waals surface area contributed by atoms with Crippen LogP contribution in [0.25, 0.3) is 21.6 Å². The number of thiazole rings is 1. The molecule has 0 amide bonds. The number of nitrogens with zero attached hydrogens (tertiary/aromatic N) is 2. The fourth-order valence-electron chi connectivity index (χ4n) is 1.77. The molecule has 1 N–H and O–H groups in total. The third-order valence-electron chi connectivity index (χ3n) is 2.46. The molecule has 2 aromatic heterocycles. The predicted octanol–water partition coefficient (Wildman–Crippen LogP) is 3.16. The van der Waals surface area contributed by atoms with Gasteiger partial charge in [-0.15, -0.1) is 11.3 Å². The normalized spacial score (nSPS) is 10.4. The summed E-state index contributed by atoms with van der Waals surface area (Å²) in [5.41, 5.74) is 2.47. The zero-order valence-corrected chi connectivity index (χ0v) is 9.08. The van der Waals surface area contributed by atoms with E-state index in [1.54, 1.807) is 6.20 Å². The Labute approximate surface area is 96.0 Å². The number of nitriles is 1. The highest BCUT2D eigenvalue weighted by molar-refractivity contribution is 7.13. The average molecular weight is 225 g/mol. The van der Waals surface area contributed by atoms with Crippen molar-refractivity contribution in [2.24, 2.45) is 0 Å². The Morgan fingerprint density at radius 1 is 1.31 bits per heavy atom. The van der Waals surface area contributed by atoms with Crippen molar-refractivity contribution >= 4 is 22.2 Å². The standard InChI is InChI=1S/C12H7N3S/c13-7-9-8-3-1-2-4-10(8)15-11(9)12-14-5-6-16-12/h1-6,15H.